The van der Waals surface area contributed by atoms with Gasteiger partial charge < -0.3 is 14.6 Å². The zero-order valence-corrected chi connectivity index (χ0v) is 21.2. The van der Waals surface area contributed by atoms with Crippen LogP contribution in [0.5, 0.6) is 11.5 Å². The number of carbonyl (C=O) groups is 2. The number of benzene rings is 3. The van der Waals surface area contributed by atoms with Crippen LogP contribution in [0.4, 0.5) is 0 Å². The zero-order valence-electron chi connectivity index (χ0n) is 21.2. The predicted octanol–water partition coefficient (Wildman–Crippen LogP) is 4.04. The van der Waals surface area contributed by atoms with E-state index in [9.17, 15) is 14.7 Å². The second kappa shape index (κ2) is 10.4. The van der Waals surface area contributed by atoms with Crippen molar-refractivity contribution in [3.63, 3.8) is 0 Å². The molecule has 0 aliphatic carbocycles. The molecule has 5 rings (SSSR count). The van der Waals surface area contributed by atoms with Gasteiger partial charge in [-0.1, -0.05) is 42.5 Å². The molecule has 0 radical (unpaired) electrons. The summed E-state index contributed by atoms with van der Waals surface area (Å²) in [5, 5.41) is 13.9. The van der Waals surface area contributed by atoms with E-state index in [2.05, 4.69) is 17.0 Å². The lowest BCUT2D eigenvalue weighted by molar-refractivity contribution is -0.229. The number of fused-ring (bicyclic) bond motifs is 1. The summed E-state index contributed by atoms with van der Waals surface area (Å²) in [4.78, 5) is 34.3. The van der Waals surface area contributed by atoms with Crippen LogP contribution in [0.1, 0.15) is 30.4 Å². The van der Waals surface area contributed by atoms with Gasteiger partial charge >= 0.3 is 5.97 Å². The van der Waals surface area contributed by atoms with Crippen molar-refractivity contribution < 1.29 is 29.0 Å². The summed E-state index contributed by atoms with van der Waals surface area (Å²) in [6.45, 7) is 2.22. The maximum absolute atomic E-state index is 13.1. The van der Waals surface area contributed by atoms with Gasteiger partial charge in [0.1, 0.15) is 6.61 Å². The number of nitrogens with zero attached hydrogens (tertiary/aromatic N) is 2. The number of phenolic OH excluding ortho intramolecular Hbond substituents is 1. The third-order valence-electron chi connectivity index (χ3n) is 7.69. The molecule has 2 fully saturated rings. The Bertz CT molecular complexity index is 1300. The summed E-state index contributed by atoms with van der Waals surface area (Å²) in [6, 6.07) is 19.6. The summed E-state index contributed by atoms with van der Waals surface area (Å²) >= 11 is 0. The van der Waals surface area contributed by atoms with E-state index in [1.54, 1.807) is 12.1 Å². The Morgan fingerprint density at radius 1 is 1.00 bits per heavy atom. The lowest BCUT2D eigenvalue weighted by Crippen LogP contribution is -2.57. The molecule has 1 amide bonds. The normalized spacial score (nSPS) is 19.5. The van der Waals surface area contributed by atoms with Gasteiger partial charge in [0.15, 0.2) is 11.5 Å². The quantitative estimate of drug-likeness (QED) is 0.486. The number of hydroxylamine groups is 2. The van der Waals surface area contributed by atoms with Crippen molar-refractivity contribution >= 4 is 22.6 Å². The van der Waals surface area contributed by atoms with Crippen molar-refractivity contribution in [3.8, 4) is 11.5 Å². The largest absolute Gasteiger partial charge is 0.504 e. The van der Waals surface area contributed by atoms with Crippen molar-refractivity contribution in [2.24, 2.45) is 5.92 Å². The first kappa shape index (κ1) is 25.0. The molecule has 1 unspecified atom stereocenters. The van der Waals surface area contributed by atoms with Gasteiger partial charge in [0.05, 0.1) is 25.7 Å². The Morgan fingerprint density at radius 3 is 2.43 bits per heavy atom. The highest BCUT2D eigenvalue weighted by Gasteiger charge is 2.58. The third-order valence-corrected chi connectivity index (χ3v) is 7.69. The van der Waals surface area contributed by atoms with Gasteiger partial charge in [-0.15, -0.1) is 0 Å². The van der Waals surface area contributed by atoms with Crippen molar-refractivity contribution in [1.29, 1.82) is 0 Å². The Hall–Kier alpha value is -3.62. The highest BCUT2D eigenvalue weighted by atomic mass is 16.7. The average molecular weight is 505 g/mol. The topological polar surface area (TPSA) is 88.5 Å². The van der Waals surface area contributed by atoms with E-state index in [1.165, 1.54) is 19.3 Å². The first-order valence-corrected chi connectivity index (χ1v) is 12.5. The number of amides is 1. The summed E-state index contributed by atoms with van der Waals surface area (Å²) < 4.78 is 10.2. The SMILES string of the molecule is COC(=O)C1CC(=O)N(OCc2ccc3ccccc3c2)C12CCN(Cc1ccc(OC)c(O)c1)CC2. The van der Waals surface area contributed by atoms with Gasteiger partial charge in [-0.25, -0.2) is 5.06 Å². The van der Waals surface area contributed by atoms with E-state index in [1.807, 2.05) is 36.4 Å². The molecule has 2 saturated heterocycles. The van der Waals surface area contributed by atoms with Crippen LogP contribution in [0.15, 0.2) is 60.7 Å². The molecule has 194 valence electrons. The number of phenols is 1. The second-order valence-electron chi connectivity index (χ2n) is 9.81. The van der Waals surface area contributed by atoms with Gasteiger partial charge in [0.25, 0.3) is 0 Å². The molecule has 2 heterocycles. The molecule has 0 bridgehead atoms. The first-order chi connectivity index (χ1) is 17.9. The lowest BCUT2D eigenvalue weighted by atomic mass is 9.77. The summed E-state index contributed by atoms with van der Waals surface area (Å²) in [5.41, 5.74) is 1.17. The highest BCUT2D eigenvalue weighted by Crippen LogP contribution is 2.45. The molecular weight excluding hydrogens is 472 g/mol. The molecule has 2 aliphatic rings. The van der Waals surface area contributed by atoms with E-state index in [0.717, 1.165) is 21.9 Å². The Morgan fingerprint density at radius 2 is 1.73 bits per heavy atom. The molecule has 37 heavy (non-hydrogen) atoms. The number of ether oxygens (including phenoxy) is 2. The number of rotatable bonds is 7. The van der Waals surface area contributed by atoms with Gasteiger partial charge in [-0.3, -0.25) is 19.3 Å². The molecule has 0 aromatic heterocycles. The molecule has 1 N–H and O–H groups in total. The first-order valence-electron chi connectivity index (χ1n) is 12.5. The van der Waals surface area contributed by atoms with Crippen LogP contribution in [0.3, 0.4) is 0 Å². The van der Waals surface area contributed by atoms with Crippen LogP contribution in [0.25, 0.3) is 10.8 Å². The minimum absolute atomic E-state index is 0.0801. The van der Waals surface area contributed by atoms with Crippen molar-refractivity contribution in [3.05, 3.63) is 71.8 Å². The molecule has 8 nitrogen and oxygen atoms in total. The number of piperidine rings is 1. The van der Waals surface area contributed by atoms with Gasteiger partial charge in [-0.2, -0.15) is 0 Å². The number of likely N-dealkylation sites (tertiary alicyclic amines) is 1. The van der Waals surface area contributed by atoms with E-state index in [4.69, 9.17) is 14.3 Å². The number of carbonyl (C=O) groups excluding carboxylic acids is 2. The average Bonchev–Trinajstić information content (AvgIpc) is 3.18. The fraction of sp³-hybridized carbons (Fsp3) is 0.379. The number of aromatic hydroxyl groups is 1. The third kappa shape index (κ3) is 4.86. The molecule has 1 atom stereocenters. The van der Waals surface area contributed by atoms with E-state index in [-0.39, 0.29) is 30.7 Å². The van der Waals surface area contributed by atoms with Crippen LogP contribution in [-0.2, 0) is 32.3 Å². The van der Waals surface area contributed by atoms with Crippen molar-refractivity contribution in [2.45, 2.75) is 38.0 Å². The molecule has 3 aromatic carbocycles. The maximum atomic E-state index is 13.1. The van der Waals surface area contributed by atoms with Crippen LogP contribution < -0.4 is 4.74 Å². The van der Waals surface area contributed by atoms with Crippen molar-refractivity contribution in [2.75, 3.05) is 27.3 Å². The molecule has 0 saturated carbocycles. The molecule has 8 heteroatoms. The number of methoxy groups -OCH3 is 2. The molecule has 2 aliphatic heterocycles. The van der Waals surface area contributed by atoms with Gasteiger partial charge in [-0.05, 0) is 52.9 Å². The van der Waals surface area contributed by atoms with Crippen molar-refractivity contribution in [1.82, 2.24) is 9.96 Å². The van der Waals surface area contributed by atoms with Gasteiger partial charge in [0.2, 0.25) is 5.91 Å². The lowest BCUT2D eigenvalue weighted by Gasteiger charge is -2.45. The van der Waals surface area contributed by atoms with Crippen LogP contribution in [0, 0.1) is 5.92 Å². The summed E-state index contributed by atoms with van der Waals surface area (Å²) in [7, 11) is 2.89. The minimum Gasteiger partial charge on any atom is -0.504 e. The van der Waals surface area contributed by atoms with Crippen LogP contribution in [-0.4, -0.2) is 59.8 Å². The zero-order chi connectivity index (χ0) is 26.0. The molecular formula is C29H32N2O6. The summed E-state index contributed by atoms with van der Waals surface area (Å²) in [5.74, 6) is -0.600. The molecule has 1 spiro atoms. The molecule has 3 aromatic rings. The predicted molar refractivity (Wildman–Crippen MR) is 138 cm³/mol. The monoisotopic (exact) mass is 504 g/mol. The fourth-order valence-electron chi connectivity index (χ4n) is 5.69. The van der Waals surface area contributed by atoms with E-state index < -0.39 is 11.5 Å². The smallest absolute Gasteiger partial charge is 0.311 e. The number of esters is 1. The van der Waals surface area contributed by atoms with E-state index >= 15 is 0 Å². The maximum Gasteiger partial charge on any atom is 0.311 e. The fourth-order valence-corrected chi connectivity index (χ4v) is 5.69. The summed E-state index contributed by atoms with van der Waals surface area (Å²) in [6.07, 6.45) is 1.24. The Labute approximate surface area is 216 Å². The number of hydrogen-bond acceptors (Lipinski definition) is 7. The van der Waals surface area contributed by atoms with Crippen LogP contribution >= 0.6 is 0 Å². The van der Waals surface area contributed by atoms with Gasteiger partial charge in [0, 0.05) is 26.1 Å². The standard InChI is InChI=1S/C29H32N2O6/c1-35-26-10-8-20(16-25(26)32)18-30-13-11-29(12-14-30)24(28(34)36-2)17-27(33)31(29)37-19-21-7-9-22-5-3-4-6-23(22)15-21/h3-10,15-16,24,32H,11-14,17-19H2,1-2H3. The number of hydrogen-bond donors (Lipinski definition) is 1. The minimum atomic E-state index is -0.750. The Kier molecular flexibility index (Phi) is 7.04. The highest BCUT2D eigenvalue weighted by molar-refractivity contribution is 5.88. The van der Waals surface area contributed by atoms with E-state index in [0.29, 0.717) is 38.2 Å². The Balaban J connectivity index is 1.31. The van der Waals surface area contributed by atoms with Crippen LogP contribution in [0.2, 0.25) is 0 Å². The second-order valence-corrected chi connectivity index (χ2v) is 9.81.